The second-order valence-electron chi connectivity index (χ2n) is 4.28. The van der Waals surface area contributed by atoms with Gasteiger partial charge in [-0.25, -0.2) is 9.97 Å². The lowest BCUT2D eigenvalue weighted by Crippen LogP contribution is -2.35. The zero-order chi connectivity index (χ0) is 11.4. The molecule has 1 aliphatic rings. The maximum absolute atomic E-state index is 4.34. The van der Waals surface area contributed by atoms with Crippen molar-refractivity contribution in [3.05, 3.63) is 16.0 Å². The highest BCUT2D eigenvalue weighted by molar-refractivity contribution is 14.1. The Balaban J connectivity index is 1.91. The fourth-order valence-corrected chi connectivity index (χ4v) is 2.31. The van der Waals surface area contributed by atoms with Crippen molar-refractivity contribution in [3.63, 3.8) is 0 Å². The van der Waals surface area contributed by atoms with Gasteiger partial charge in [-0.15, -0.1) is 0 Å². The lowest BCUT2D eigenvalue weighted by Gasteiger charge is -2.27. The number of nitrogens with zero attached hydrogens (tertiary/aromatic N) is 3. The molecule has 1 aromatic rings. The minimum atomic E-state index is 0.772. The summed E-state index contributed by atoms with van der Waals surface area (Å²) in [4.78, 5) is 10.8. The van der Waals surface area contributed by atoms with E-state index in [0.29, 0.717) is 0 Å². The van der Waals surface area contributed by atoms with Gasteiger partial charge in [-0.1, -0.05) is 0 Å². The van der Waals surface area contributed by atoms with Gasteiger partial charge in [0.05, 0.1) is 0 Å². The fourth-order valence-electron chi connectivity index (χ4n) is 2.04. The Morgan fingerprint density at radius 1 is 1.38 bits per heavy atom. The third-order valence-corrected chi connectivity index (χ3v) is 3.50. The Labute approximate surface area is 110 Å². The second kappa shape index (κ2) is 5.77. The molecule has 0 atom stereocenters. The molecule has 0 bridgehead atoms. The summed E-state index contributed by atoms with van der Waals surface area (Å²) >= 11 is 2.22. The molecule has 88 valence electrons. The Morgan fingerprint density at radius 3 is 2.62 bits per heavy atom. The van der Waals surface area contributed by atoms with Crippen molar-refractivity contribution in [1.82, 2.24) is 15.3 Å². The van der Waals surface area contributed by atoms with Crippen molar-refractivity contribution in [3.8, 4) is 0 Å². The summed E-state index contributed by atoms with van der Waals surface area (Å²) in [7, 11) is 2.07. The third-order valence-electron chi connectivity index (χ3n) is 2.94. The molecular formula is C11H17IN4. The van der Waals surface area contributed by atoms with Gasteiger partial charge in [-0.2, -0.15) is 0 Å². The van der Waals surface area contributed by atoms with Gasteiger partial charge in [0.1, 0.15) is 0 Å². The van der Waals surface area contributed by atoms with Crippen LogP contribution in [0.1, 0.15) is 12.8 Å². The van der Waals surface area contributed by atoms with Crippen LogP contribution in [0.25, 0.3) is 0 Å². The van der Waals surface area contributed by atoms with Crippen molar-refractivity contribution < 1.29 is 0 Å². The zero-order valence-electron chi connectivity index (χ0n) is 9.49. The third kappa shape index (κ3) is 3.28. The first-order chi connectivity index (χ1) is 7.75. The van der Waals surface area contributed by atoms with Crippen LogP contribution in [0.5, 0.6) is 0 Å². The van der Waals surface area contributed by atoms with Crippen LogP contribution >= 0.6 is 22.6 Å². The van der Waals surface area contributed by atoms with Crippen LogP contribution in [0, 0.1) is 9.49 Å². The molecule has 0 saturated carbocycles. The van der Waals surface area contributed by atoms with Crippen molar-refractivity contribution in [2.24, 2.45) is 5.92 Å². The summed E-state index contributed by atoms with van der Waals surface area (Å²) in [5.41, 5.74) is 0. The van der Waals surface area contributed by atoms with E-state index < -0.39 is 0 Å². The van der Waals surface area contributed by atoms with Gasteiger partial charge in [0.15, 0.2) is 0 Å². The molecule has 0 unspecified atom stereocenters. The number of anilines is 1. The summed E-state index contributed by atoms with van der Waals surface area (Å²) < 4.78 is 1.08. The molecule has 1 N–H and O–H groups in total. The fraction of sp³-hybridized carbons (Fsp3) is 0.636. The number of halogens is 1. The van der Waals surface area contributed by atoms with Crippen LogP contribution in [0.3, 0.4) is 0 Å². The Morgan fingerprint density at radius 2 is 2.00 bits per heavy atom. The number of nitrogens with one attached hydrogen (secondary N) is 1. The van der Waals surface area contributed by atoms with E-state index in [4.69, 9.17) is 0 Å². The van der Waals surface area contributed by atoms with E-state index >= 15 is 0 Å². The first kappa shape index (κ1) is 12.0. The van der Waals surface area contributed by atoms with Gasteiger partial charge < -0.3 is 10.2 Å². The van der Waals surface area contributed by atoms with E-state index in [2.05, 4.69) is 49.8 Å². The van der Waals surface area contributed by atoms with Gasteiger partial charge in [0.25, 0.3) is 0 Å². The van der Waals surface area contributed by atoms with E-state index in [1.54, 1.807) is 0 Å². The molecule has 4 nitrogen and oxygen atoms in total. The largest absolute Gasteiger partial charge is 0.344 e. The molecule has 1 aromatic heterocycles. The minimum Gasteiger partial charge on any atom is -0.344 e. The standard InChI is InChI=1S/C11H17IN4/c1-16(8-9-2-4-13-5-3-9)11-14-6-10(12)7-15-11/h6-7,9,13H,2-5,8H2,1H3. The Kier molecular flexibility index (Phi) is 4.34. The molecule has 0 aromatic carbocycles. The molecule has 0 radical (unpaired) electrons. The molecule has 0 aliphatic carbocycles. The van der Waals surface area contributed by atoms with Crippen molar-refractivity contribution >= 4 is 28.5 Å². The Hall–Kier alpha value is -0.430. The predicted octanol–water partition coefficient (Wildman–Crippen LogP) is 1.52. The van der Waals surface area contributed by atoms with Gasteiger partial charge in [-0.05, 0) is 54.4 Å². The molecule has 0 amide bonds. The molecule has 5 heteroatoms. The molecule has 1 saturated heterocycles. The summed E-state index contributed by atoms with van der Waals surface area (Å²) in [5.74, 6) is 1.60. The van der Waals surface area contributed by atoms with Crippen LogP contribution in [-0.2, 0) is 0 Å². The number of piperidine rings is 1. The van der Waals surface area contributed by atoms with Gasteiger partial charge in [0, 0.05) is 29.6 Å². The van der Waals surface area contributed by atoms with Gasteiger partial charge >= 0.3 is 0 Å². The molecule has 1 aliphatic heterocycles. The SMILES string of the molecule is CN(CC1CCNCC1)c1ncc(I)cn1. The monoisotopic (exact) mass is 332 g/mol. The van der Waals surface area contributed by atoms with Crippen LogP contribution in [0.4, 0.5) is 5.95 Å². The predicted molar refractivity (Wildman–Crippen MR) is 73.6 cm³/mol. The van der Waals surface area contributed by atoms with Crippen LogP contribution < -0.4 is 10.2 Å². The maximum atomic E-state index is 4.34. The number of aromatic nitrogens is 2. The van der Waals surface area contributed by atoms with Crippen LogP contribution in [0.2, 0.25) is 0 Å². The highest BCUT2D eigenvalue weighted by Crippen LogP contribution is 2.15. The smallest absolute Gasteiger partial charge is 0.225 e. The van der Waals surface area contributed by atoms with Gasteiger partial charge in [-0.3, -0.25) is 0 Å². The molecule has 2 heterocycles. The zero-order valence-corrected chi connectivity index (χ0v) is 11.6. The van der Waals surface area contributed by atoms with Gasteiger partial charge in [0.2, 0.25) is 5.95 Å². The number of rotatable bonds is 3. The number of hydrogen-bond donors (Lipinski definition) is 1. The average molecular weight is 332 g/mol. The highest BCUT2D eigenvalue weighted by Gasteiger charge is 2.16. The lowest BCUT2D eigenvalue weighted by molar-refractivity contribution is 0.377. The molecule has 0 spiro atoms. The molecular weight excluding hydrogens is 315 g/mol. The first-order valence-corrected chi connectivity index (χ1v) is 6.73. The summed E-state index contributed by atoms with van der Waals surface area (Å²) in [6.07, 6.45) is 6.24. The normalized spacial score (nSPS) is 17.4. The van der Waals surface area contributed by atoms with E-state index in [9.17, 15) is 0 Å². The van der Waals surface area contributed by atoms with E-state index in [1.807, 2.05) is 12.4 Å². The molecule has 2 rings (SSSR count). The summed E-state index contributed by atoms with van der Waals surface area (Å²) in [6, 6.07) is 0. The van der Waals surface area contributed by atoms with Crippen LogP contribution in [0.15, 0.2) is 12.4 Å². The van der Waals surface area contributed by atoms with E-state index in [0.717, 1.165) is 35.1 Å². The lowest BCUT2D eigenvalue weighted by atomic mass is 9.98. The second-order valence-corrected chi connectivity index (χ2v) is 5.52. The Bertz CT molecular complexity index is 321. The molecule has 1 fully saturated rings. The summed E-state index contributed by atoms with van der Waals surface area (Å²) in [5, 5.41) is 3.38. The topological polar surface area (TPSA) is 41.0 Å². The summed E-state index contributed by atoms with van der Waals surface area (Å²) in [6.45, 7) is 3.35. The number of hydrogen-bond acceptors (Lipinski definition) is 4. The van der Waals surface area contributed by atoms with E-state index in [1.165, 1.54) is 12.8 Å². The van der Waals surface area contributed by atoms with Crippen LogP contribution in [-0.4, -0.2) is 36.6 Å². The first-order valence-electron chi connectivity index (χ1n) is 5.65. The highest BCUT2D eigenvalue weighted by atomic mass is 127. The maximum Gasteiger partial charge on any atom is 0.225 e. The minimum absolute atomic E-state index is 0.772. The van der Waals surface area contributed by atoms with Crippen molar-refractivity contribution in [2.75, 3.05) is 31.6 Å². The van der Waals surface area contributed by atoms with Crippen molar-refractivity contribution in [2.45, 2.75) is 12.8 Å². The quantitative estimate of drug-likeness (QED) is 0.852. The molecule has 16 heavy (non-hydrogen) atoms. The average Bonchev–Trinajstić information content (AvgIpc) is 2.31. The van der Waals surface area contributed by atoms with E-state index in [-0.39, 0.29) is 0 Å². The van der Waals surface area contributed by atoms with Crippen molar-refractivity contribution in [1.29, 1.82) is 0 Å².